The second kappa shape index (κ2) is 7.14. The lowest BCUT2D eigenvalue weighted by molar-refractivity contribution is -0.146. The Morgan fingerprint density at radius 3 is 2.90 bits per heavy atom. The van der Waals surface area contributed by atoms with Crippen LogP contribution in [0.1, 0.15) is 25.8 Å². The fourth-order valence-corrected chi connectivity index (χ4v) is 1.74. The minimum absolute atomic E-state index is 0.236. The molecule has 0 aliphatic carbocycles. The lowest BCUT2D eigenvalue weighted by Crippen LogP contribution is -2.10. The fourth-order valence-electron chi connectivity index (χ4n) is 1.74. The van der Waals surface area contributed by atoms with Crippen LogP contribution in [0.25, 0.3) is 0 Å². The van der Waals surface area contributed by atoms with E-state index in [0.29, 0.717) is 24.9 Å². The number of carbonyl (C=O) groups is 1. The first kappa shape index (κ1) is 14.7. The lowest BCUT2D eigenvalue weighted by atomic mass is 10.2. The third kappa shape index (κ3) is 4.42. The quantitative estimate of drug-likeness (QED) is 0.567. The number of fused-ring (bicyclic) bond motifs is 1. The highest BCUT2D eigenvalue weighted by molar-refractivity contribution is 5.69. The van der Waals surface area contributed by atoms with Crippen LogP contribution in [0.15, 0.2) is 18.2 Å². The lowest BCUT2D eigenvalue weighted by Gasteiger charge is -2.07. The van der Waals surface area contributed by atoms with Crippen LogP contribution in [0.4, 0.5) is 0 Å². The molecule has 0 radical (unpaired) electrons. The number of esters is 1. The Bertz CT molecular complexity index is 456. The van der Waals surface area contributed by atoms with Crippen molar-refractivity contribution in [1.82, 2.24) is 0 Å². The van der Waals surface area contributed by atoms with Crippen LogP contribution in [-0.2, 0) is 20.9 Å². The number of hydrogen-bond donors (Lipinski definition) is 0. The van der Waals surface area contributed by atoms with E-state index in [0.717, 1.165) is 11.3 Å². The summed E-state index contributed by atoms with van der Waals surface area (Å²) in [6, 6.07) is 5.50. The van der Waals surface area contributed by atoms with E-state index in [1.54, 1.807) is 0 Å². The van der Waals surface area contributed by atoms with Crippen molar-refractivity contribution in [3.63, 3.8) is 0 Å². The third-order valence-corrected chi connectivity index (χ3v) is 2.74. The molecule has 1 aliphatic rings. The highest BCUT2D eigenvalue weighted by Gasteiger charge is 2.13. The number of hydrogen-bond acceptors (Lipinski definition) is 5. The van der Waals surface area contributed by atoms with E-state index in [4.69, 9.17) is 18.9 Å². The predicted molar refractivity (Wildman–Crippen MR) is 72.6 cm³/mol. The minimum atomic E-state index is -0.258. The molecule has 0 saturated heterocycles. The Kier molecular flexibility index (Phi) is 5.24. The Morgan fingerprint density at radius 2 is 2.10 bits per heavy atom. The van der Waals surface area contributed by atoms with Crippen molar-refractivity contribution < 1.29 is 23.7 Å². The molecule has 20 heavy (non-hydrogen) atoms. The fraction of sp³-hybridized carbons (Fsp3) is 0.533. The molecule has 1 aliphatic heterocycles. The predicted octanol–water partition coefficient (Wildman–Crippen LogP) is 2.52. The maximum absolute atomic E-state index is 11.5. The summed E-state index contributed by atoms with van der Waals surface area (Å²) >= 11 is 0. The van der Waals surface area contributed by atoms with Crippen LogP contribution in [0, 0.1) is 5.92 Å². The van der Waals surface area contributed by atoms with E-state index < -0.39 is 0 Å². The first-order chi connectivity index (χ1) is 9.65. The molecule has 0 fully saturated rings. The molecule has 5 nitrogen and oxygen atoms in total. The van der Waals surface area contributed by atoms with E-state index in [9.17, 15) is 4.79 Å². The van der Waals surface area contributed by atoms with Crippen molar-refractivity contribution in [1.29, 1.82) is 0 Å². The normalized spacial score (nSPS) is 12.8. The highest BCUT2D eigenvalue weighted by atomic mass is 16.7. The van der Waals surface area contributed by atoms with Crippen molar-refractivity contribution in [3.05, 3.63) is 23.8 Å². The number of ether oxygens (including phenoxy) is 4. The van der Waals surface area contributed by atoms with Crippen LogP contribution in [0.5, 0.6) is 11.5 Å². The molecule has 0 aromatic heterocycles. The van der Waals surface area contributed by atoms with Gasteiger partial charge in [-0.15, -0.1) is 0 Å². The van der Waals surface area contributed by atoms with Gasteiger partial charge >= 0.3 is 5.97 Å². The SMILES string of the molecule is CC(C)COCCC(=O)OCc1ccc2c(c1)OCO2. The summed E-state index contributed by atoms with van der Waals surface area (Å²) in [5.41, 5.74) is 0.880. The van der Waals surface area contributed by atoms with E-state index in [1.807, 2.05) is 18.2 Å². The molecule has 0 saturated carbocycles. The van der Waals surface area contributed by atoms with Gasteiger partial charge in [-0.25, -0.2) is 0 Å². The Balaban J connectivity index is 1.68. The average Bonchev–Trinajstić information content (AvgIpc) is 2.88. The molecule has 0 atom stereocenters. The molecule has 5 heteroatoms. The molecule has 1 heterocycles. The molecule has 2 rings (SSSR count). The summed E-state index contributed by atoms with van der Waals surface area (Å²) in [7, 11) is 0. The van der Waals surface area contributed by atoms with Crippen LogP contribution < -0.4 is 9.47 Å². The van der Waals surface area contributed by atoms with Crippen molar-refractivity contribution >= 4 is 5.97 Å². The van der Waals surface area contributed by atoms with E-state index >= 15 is 0 Å². The van der Waals surface area contributed by atoms with Crippen molar-refractivity contribution in [2.24, 2.45) is 5.92 Å². The molecular formula is C15H20O5. The second-order valence-corrected chi connectivity index (χ2v) is 5.07. The van der Waals surface area contributed by atoms with Gasteiger partial charge in [-0.1, -0.05) is 19.9 Å². The maximum Gasteiger partial charge on any atom is 0.308 e. The zero-order valence-corrected chi connectivity index (χ0v) is 11.9. The van der Waals surface area contributed by atoms with Gasteiger partial charge in [0.1, 0.15) is 6.61 Å². The van der Waals surface area contributed by atoms with Gasteiger partial charge in [0.15, 0.2) is 11.5 Å². The highest BCUT2D eigenvalue weighted by Crippen LogP contribution is 2.32. The zero-order chi connectivity index (χ0) is 14.4. The Hall–Kier alpha value is -1.75. The molecule has 1 aromatic rings. The summed E-state index contributed by atoms with van der Waals surface area (Å²) in [6.45, 7) is 5.68. The second-order valence-electron chi connectivity index (χ2n) is 5.07. The average molecular weight is 280 g/mol. The van der Waals surface area contributed by atoms with Gasteiger partial charge in [0.2, 0.25) is 6.79 Å². The number of carbonyl (C=O) groups excluding carboxylic acids is 1. The molecule has 0 spiro atoms. The molecule has 0 unspecified atom stereocenters. The maximum atomic E-state index is 11.5. The summed E-state index contributed by atoms with van der Waals surface area (Å²) in [5.74, 6) is 1.63. The first-order valence-electron chi connectivity index (χ1n) is 6.77. The Labute approximate surface area is 118 Å². The monoisotopic (exact) mass is 280 g/mol. The molecule has 0 N–H and O–H groups in total. The van der Waals surface area contributed by atoms with Gasteiger partial charge in [0.05, 0.1) is 13.0 Å². The van der Waals surface area contributed by atoms with Gasteiger partial charge in [-0.05, 0) is 23.6 Å². The van der Waals surface area contributed by atoms with Crippen molar-refractivity contribution in [2.75, 3.05) is 20.0 Å². The van der Waals surface area contributed by atoms with Gasteiger partial charge in [0.25, 0.3) is 0 Å². The molecule has 0 bridgehead atoms. The summed E-state index contributed by atoms with van der Waals surface area (Å²) in [6.07, 6.45) is 0.275. The standard InChI is InChI=1S/C15H20O5/c1-11(2)8-17-6-5-15(16)18-9-12-3-4-13-14(7-12)20-10-19-13/h3-4,7,11H,5-6,8-10H2,1-2H3. The minimum Gasteiger partial charge on any atom is -0.461 e. The van der Waals surface area contributed by atoms with Crippen LogP contribution >= 0.6 is 0 Å². The molecular weight excluding hydrogens is 260 g/mol. The Morgan fingerprint density at radius 1 is 1.30 bits per heavy atom. The van der Waals surface area contributed by atoms with Crippen LogP contribution in [0.2, 0.25) is 0 Å². The van der Waals surface area contributed by atoms with Crippen molar-refractivity contribution in [3.8, 4) is 11.5 Å². The van der Waals surface area contributed by atoms with Gasteiger partial charge in [-0.2, -0.15) is 0 Å². The van der Waals surface area contributed by atoms with Crippen LogP contribution in [0.3, 0.4) is 0 Å². The molecule has 0 amide bonds. The number of benzene rings is 1. The topological polar surface area (TPSA) is 54.0 Å². The summed E-state index contributed by atoms with van der Waals surface area (Å²) in [4.78, 5) is 11.5. The number of rotatable bonds is 7. The molecule has 110 valence electrons. The van der Waals surface area contributed by atoms with Crippen LogP contribution in [-0.4, -0.2) is 26.0 Å². The van der Waals surface area contributed by atoms with E-state index in [2.05, 4.69) is 13.8 Å². The smallest absolute Gasteiger partial charge is 0.308 e. The summed E-state index contributed by atoms with van der Waals surface area (Å²) in [5, 5.41) is 0. The van der Waals surface area contributed by atoms with E-state index in [1.165, 1.54) is 0 Å². The van der Waals surface area contributed by atoms with E-state index in [-0.39, 0.29) is 25.8 Å². The van der Waals surface area contributed by atoms with Gasteiger partial charge in [-0.3, -0.25) is 4.79 Å². The third-order valence-electron chi connectivity index (χ3n) is 2.74. The largest absolute Gasteiger partial charge is 0.461 e. The summed E-state index contributed by atoms with van der Waals surface area (Å²) < 4.78 is 21.0. The zero-order valence-electron chi connectivity index (χ0n) is 11.9. The van der Waals surface area contributed by atoms with Gasteiger partial charge in [0, 0.05) is 6.61 Å². The molecule has 1 aromatic carbocycles. The van der Waals surface area contributed by atoms with Crippen molar-refractivity contribution in [2.45, 2.75) is 26.9 Å². The first-order valence-corrected chi connectivity index (χ1v) is 6.77. The van der Waals surface area contributed by atoms with Gasteiger partial charge < -0.3 is 18.9 Å².